The number of hydrogen-bond acceptors (Lipinski definition) is 15. The summed E-state index contributed by atoms with van der Waals surface area (Å²) in [4.78, 5) is 0. The van der Waals surface area contributed by atoms with Gasteiger partial charge in [-0.25, -0.2) is 4.42 Å². The van der Waals surface area contributed by atoms with Crippen LogP contribution in [0.3, 0.4) is 0 Å². The molecule has 1 aromatic heterocycles. The minimum Gasteiger partial charge on any atom is -0.507 e. The average molecular weight is 612 g/mol. The molecule has 11 N–H and O–H groups in total. The molecular weight excluding hydrogens is 580 g/mol. The molecule has 2 fully saturated rings. The summed E-state index contributed by atoms with van der Waals surface area (Å²) in [6.45, 7) is -1.56. The van der Waals surface area contributed by atoms with Gasteiger partial charge in [0.15, 0.2) is 23.9 Å². The van der Waals surface area contributed by atoms with Crippen LogP contribution in [0, 0.1) is 0 Å². The smallest absolute Gasteiger partial charge is 0.402 e. The zero-order valence-corrected chi connectivity index (χ0v) is 22.1. The second kappa shape index (κ2) is 12.2. The number of phenolic OH excluding ortho intramolecular Hbond substituents is 4. The molecule has 0 saturated carbocycles. The summed E-state index contributed by atoms with van der Waals surface area (Å²) < 4.78 is 28.6. The number of rotatable bonds is 7. The van der Waals surface area contributed by atoms with Crippen LogP contribution in [-0.2, 0) is 14.2 Å². The first-order valence-corrected chi connectivity index (χ1v) is 13.0. The summed E-state index contributed by atoms with van der Waals surface area (Å²) in [7, 11) is 0. The molecule has 0 radical (unpaired) electrons. The van der Waals surface area contributed by atoms with E-state index in [1.807, 2.05) is 0 Å². The number of benzene rings is 2. The normalized spacial score (nSPS) is 33.0. The standard InChI is InChI=1S/C27H30O16/c28-7-17-19(34)21(36)23(38)26(41-17)43-25-22(37)20(35)18(8-29)42-27(25)40-16-6-11-13(32)4-10(30)5-15(11)39-24(16)9-1-2-12(31)14(33)3-9/h1-6,17-23,25-29,34-38H,7-8H2,(H3-,30,31,32,33)/p+1/t17-,18-,19-,20-,21+,22+,23-,25-,26+,27+/m1/s1. The maximum Gasteiger partial charge on any atom is 0.402 e. The minimum atomic E-state index is -1.89. The number of fused-ring (bicyclic) bond motifs is 1. The molecule has 16 nitrogen and oxygen atoms in total. The van der Waals surface area contributed by atoms with Crippen molar-refractivity contribution < 1.29 is 79.5 Å². The van der Waals surface area contributed by atoms with Crippen LogP contribution in [0.4, 0.5) is 0 Å². The van der Waals surface area contributed by atoms with E-state index in [9.17, 15) is 56.2 Å². The lowest BCUT2D eigenvalue weighted by Crippen LogP contribution is -2.65. The highest BCUT2D eigenvalue weighted by Gasteiger charge is 2.51. The molecule has 2 saturated heterocycles. The van der Waals surface area contributed by atoms with Gasteiger partial charge in [0.05, 0.1) is 24.8 Å². The molecule has 0 unspecified atom stereocenters. The van der Waals surface area contributed by atoms with E-state index < -0.39 is 91.9 Å². The van der Waals surface area contributed by atoms with Gasteiger partial charge in [0.2, 0.25) is 12.0 Å². The van der Waals surface area contributed by atoms with Crippen LogP contribution in [0.1, 0.15) is 0 Å². The van der Waals surface area contributed by atoms with Crippen molar-refractivity contribution in [2.45, 2.75) is 61.4 Å². The largest absolute Gasteiger partial charge is 0.507 e. The molecule has 2 aliphatic rings. The Labute approximate surface area is 242 Å². The Hall–Kier alpha value is -3.55. The zero-order valence-electron chi connectivity index (χ0n) is 22.1. The number of hydrogen-bond donors (Lipinski definition) is 11. The van der Waals surface area contributed by atoms with Crippen molar-refractivity contribution in [1.82, 2.24) is 0 Å². The number of phenols is 4. The second-order valence-electron chi connectivity index (χ2n) is 10.1. The maximum atomic E-state index is 10.9. The Balaban J connectivity index is 1.57. The van der Waals surface area contributed by atoms with Crippen molar-refractivity contribution in [2.75, 3.05) is 13.2 Å². The van der Waals surface area contributed by atoms with Crippen LogP contribution >= 0.6 is 0 Å². The van der Waals surface area contributed by atoms with Gasteiger partial charge in [-0.15, -0.1) is 0 Å². The molecule has 16 heteroatoms. The molecule has 3 aromatic rings. The Morgan fingerprint density at radius 3 is 1.98 bits per heavy atom. The monoisotopic (exact) mass is 611 g/mol. The second-order valence-corrected chi connectivity index (χ2v) is 10.1. The predicted octanol–water partition coefficient (Wildman–Crippen LogP) is -1.79. The molecule has 234 valence electrons. The maximum absolute atomic E-state index is 10.9. The first kappa shape index (κ1) is 30.9. The van der Waals surface area contributed by atoms with Crippen LogP contribution in [0.15, 0.2) is 40.8 Å². The van der Waals surface area contributed by atoms with E-state index in [0.29, 0.717) is 0 Å². The highest BCUT2D eigenvalue weighted by atomic mass is 16.8. The van der Waals surface area contributed by atoms with Crippen molar-refractivity contribution in [2.24, 2.45) is 0 Å². The Morgan fingerprint density at radius 1 is 0.674 bits per heavy atom. The third-order valence-electron chi connectivity index (χ3n) is 7.26. The van der Waals surface area contributed by atoms with Crippen LogP contribution < -0.4 is 4.74 Å². The van der Waals surface area contributed by atoms with Gasteiger partial charge in [-0.3, -0.25) is 0 Å². The number of aliphatic hydroxyl groups is 7. The van der Waals surface area contributed by atoms with Gasteiger partial charge in [0, 0.05) is 18.2 Å². The van der Waals surface area contributed by atoms with Gasteiger partial charge in [-0.1, -0.05) is 0 Å². The van der Waals surface area contributed by atoms with Crippen LogP contribution in [-0.4, -0.2) is 131 Å². The summed E-state index contributed by atoms with van der Waals surface area (Å²) >= 11 is 0. The molecule has 2 aromatic carbocycles. The molecule has 0 aliphatic carbocycles. The molecule has 43 heavy (non-hydrogen) atoms. The molecule has 2 aliphatic heterocycles. The Kier molecular flexibility index (Phi) is 8.77. The quantitative estimate of drug-likeness (QED) is 0.104. The average Bonchev–Trinajstić information content (AvgIpc) is 2.98. The summed E-state index contributed by atoms with van der Waals surface area (Å²) in [6.07, 6.45) is -17.1. The summed E-state index contributed by atoms with van der Waals surface area (Å²) in [6, 6.07) is 7.08. The fourth-order valence-corrected chi connectivity index (χ4v) is 4.89. The third kappa shape index (κ3) is 5.85. The van der Waals surface area contributed by atoms with Crippen LogP contribution in [0.2, 0.25) is 0 Å². The highest BCUT2D eigenvalue weighted by Crippen LogP contribution is 2.42. The van der Waals surface area contributed by atoms with E-state index in [2.05, 4.69) is 0 Å². The molecular formula is C27H31O16+. The van der Waals surface area contributed by atoms with Gasteiger partial charge in [-0.05, 0) is 12.1 Å². The fourth-order valence-electron chi connectivity index (χ4n) is 4.89. The van der Waals surface area contributed by atoms with E-state index in [-0.39, 0.29) is 33.8 Å². The lowest BCUT2D eigenvalue weighted by Gasteiger charge is -2.45. The number of aromatic hydroxyl groups is 4. The molecule has 0 bridgehead atoms. The molecule has 5 rings (SSSR count). The van der Waals surface area contributed by atoms with Gasteiger partial charge >= 0.3 is 11.3 Å². The fraction of sp³-hybridized carbons (Fsp3) is 0.444. The van der Waals surface area contributed by atoms with E-state index in [1.165, 1.54) is 18.2 Å². The SMILES string of the molecule is OC[C@H]1O[C@@H](O[C@H]2[C@@H](Oc3cc4c(O)cc(O)cc4[o+]c3-c3ccc(O)c(O)c3)O[C@H](CO)[C@@H](O)[C@@H]2O)[C@H](O)[C@@H](O)[C@@H]1O. The van der Waals surface area contributed by atoms with Crippen LogP contribution in [0.5, 0.6) is 28.7 Å². The van der Waals surface area contributed by atoms with Gasteiger partial charge in [0.25, 0.3) is 0 Å². The number of aliphatic hydroxyl groups excluding tert-OH is 7. The summed E-state index contributed by atoms with van der Waals surface area (Å²) in [5, 5.41) is 112. The van der Waals surface area contributed by atoms with Crippen LogP contribution in [0.25, 0.3) is 22.3 Å². The third-order valence-corrected chi connectivity index (χ3v) is 7.26. The summed E-state index contributed by atoms with van der Waals surface area (Å²) in [5.74, 6) is -2.13. The molecule has 0 amide bonds. The Morgan fingerprint density at radius 2 is 1.33 bits per heavy atom. The molecule has 10 atom stereocenters. The molecule has 0 spiro atoms. The predicted molar refractivity (Wildman–Crippen MR) is 140 cm³/mol. The first-order chi connectivity index (χ1) is 20.4. The van der Waals surface area contributed by atoms with Crippen molar-refractivity contribution in [3.63, 3.8) is 0 Å². The first-order valence-electron chi connectivity index (χ1n) is 13.0. The van der Waals surface area contributed by atoms with E-state index in [4.69, 9.17) is 23.4 Å². The topological polar surface area (TPSA) is 271 Å². The lowest BCUT2D eigenvalue weighted by atomic mass is 9.97. The van der Waals surface area contributed by atoms with E-state index in [0.717, 1.165) is 18.2 Å². The van der Waals surface area contributed by atoms with E-state index >= 15 is 0 Å². The number of ether oxygens (including phenoxy) is 4. The van der Waals surface area contributed by atoms with Crippen molar-refractivity contribution in [1.29, 1.82) is 0 Å². The van der Waals surface area contributed by atoms with Gasteiger partial charge in [-0.2, -0.15) is 0 Å². The highest BCUT2D eigenvalue weighted by molar-refractivity contribution is 5.88. The van der Waals surface area contributed by atoms with Crippen molar-refractivity contribution in [3.05, 3.63) is 36.4 Å². The Bertz CT molecular complexity index is 1450. The lowest BCUT2D eigenvalue weighted by molar-refractivity contribution is -0.357. The van der Waals surface area contributed by atoms with Gasteiger partial charge < -0.3 is 75.1 Å². The molecule has 3 heterocycles. The van der Waals surface area contributed by atoms with Crippen molar-refractivity contribution in [3.8, 4) is 40.1 Å². The summed E-state index contributed by atoms with van der Waals surface area (Å²) in [5.41, 5.74) is 0.0892. The van der Waals surface area contributed by atoms with E-state index in [1.54, 1.807) is 0 Å². The minimum absolute atomic E-state index is 0.0288. The van der Waals surface area contributed by atoms with Crippen molar-refractivity contribution >= 4 is 11.0 Å². The van der Waals surface area contributed by atoms with Gasteiger partial charge in [0.1, 0.15) is 59.6 Å². The zero-order chi connectivity index (χ0) is 31.2.